The normalized spacial score (nSPS) is 11.9. The SMILES string of the molecule is CC(=NCC(=O)c1ccc(C(=O)CC(C)C)s1)c1csc(-c2ccc(C)c(C)c2)c1O. The second kappa shape index (κ2) is 9.71. The Labute approximate surface area is 191 Å². The van der Waals surface area contributed by atoms with Gasteiger partial charge in [-0.05, 0) is 55.5 Å². The molecule has 0 aliphatic heterocycles. The molecule has 1 N–H and O–H groups in total. The van der Waals surface area contributed by atoms with Crippen LogP contribution in [0.5, 0.6) is 5.75 Å². The fourth-order valence-electron chi connectivity index (χ4n) is 3.16. The predicted octanol–water partition coefficient (Wildman–Crippen LogP) is 6.72. The maximum Gasteiger partial charge on any atom is 0.194 e. The molecule has 0 saturated heterocycles. The molecular weight excluding hydrogens is 426 g/mol. The predicted molar refractivity (Wildman–Crippen MR) is 130 cm³/mol. The summed E-state index contributed by atoms with van der Waals surface area (Å²) in [5.41, 5.74) is 4.61. The first-order valence-electron chi connectivity index (χ1n) is 10.2. The number of hydrogen-bond donors (Lipinski definition) is 1. The Kier molecular flexibility index (Phi) is 7.23. The van der Waals surface area contributed by atoms with Crippen LogP contribution < -0.4 is 0 Å². The first-order chi connectivity index (χ1) is 14.7. The van der Waals surface area contributed by atoms with E-state index in [0.29, 0.717) is 27.5 Å². The van der Waals surface area contributed by atoms with Gasteiger partial charge in [0.05, 0.1) is 14.6 Å². The van der Waals surface area contributed by atoms with Crippen LogP contribution in [0.3, 0.4) is 0 Å². The van der Waals surface area contributed by atoms with Crippen LogP contribution in [0.1, 0.15) is 63.2 Å². The van der Waals surface area contributed by atoms with Crippen LogP contribution in [0.25, 0.3) is 10.4 Å². The number of hydrogen-bond acceptors (Lipinski definition) is 6. The van der Waals surface area contributed by atoms with Crippen LogP contribution in [0.15, 0.2) is 40.7 Å². The third kappa shape index (κ3) is 5.38. The number of nitrogens with zero attached hydrogens (tertiary/aromatic N) is 1. The summed E-state index contributed by atoms with van der Waals surface area (Å²) in [6.07, 6.45) is 0.478. The lowest BCUT2D eigenvalue weighted by molar-refractivity contribution is 0.0970. The Bertz CT molecular complexity index is 1150. The van der Waals surface area contributed by atoms with Gasteiger partial charge in [0.2, 0.25) is 0 Å². The van der Waals surface area contributed by atoms with Gasteiger partial charge in [-0.1, -0.05) is 32.0 Å². The lowest BCUT2D eigenvalue weighted by Crippen LogP contribution is -2.04. The molecule has 6 heteroatoms. The van der Waals surface area contributed by atoms with E-state index in [2.05, 4.69) is 24.9 Å². The monoisotopic (exact) mass is 453 g/mol. The van der Waals surface area contributed by atoms with Gasteiger partial charge < -0.3 is 5.11 Å². The standard InChI is InChI=1S/C25H27NO3S2/c1-14(2)10-20(27)22-8-9-23(31-22)21(28)12-26-17(5)19-13-30-25(24(19)29)18-7-6-15(3)16(4)11-18/h6-9,11,13-14,29H,10,12H2,1-5H3. The Balaban J connectivity index is 1.73. The summed E-state index contributed by atoms with van der Waals surface area (Å²) in [5.74, 6) is 0.422. The van der Waals surface area contributed by atoms with E-state index < -0.39 is 0 Å². The number of ketones is 2. The topological polar surface area (TPSA) is 66.7 Å². The van der Waals surface area contributed by atoms with Crippen molar-refractivity contribution in [1.82, 2.24) is 0 Å². The number of carbonyl (C=O) groups excluding carboxylic acids is 2. The van der Waals surface area contributed by atoms with Crippen LogP contribution in [0.4, 0.5) is 0 Å². The summed E-state index contributed by atoms with van der Waals surface area (Å²) in [5, 5.41) is 12.6. The van der Waals surface area contributed by atoms with Gasteiger partial charge in [-0.25, -0.2) is 0 Å². The van der Waals surface area contributed by atoms with E-state index in [1.54, 1.807) is 19.1 Å². The molecule has 0 aliphatic rings. The molecule has 0 amide bonds. The summed E-state index contributed by atoms with van der Waals surface area (Å²) in [7, 11) is 0. The van der Waals surface area contributed by atoms with Gasteiger partial charge in [0.25, 0.3) is 0 Å². The molecule has 0 bridgehead atoms. The molecule has 3 rings (SSSR count). The van der Waals surface area contributed by atoms with E-state index in [1.165, 1.54) is 33.8 Å². The van der Waals surface area contributed by atoms with Crippen molar-refractivity contribution in [3.63, 3.8) is 0 Å². The van der Waals surface area contributed by atoms with Crippen molar-refractivity contribution in [1.29, 1.82) is 0 Å². The Morgan fingerprint density at radius 2 is 1.71 bits per heavy atom. The highest BCUT2D eigenvalue weighted by Gasteiger charge is 2.17. The van der Waals surface area contributed by atoms with Gasteiger partial charge in [-0.15, -0.1) is 22.7 Å². The summed E-state index contributed by atoms with van der Waals surface area (Å²) in [4.78, 5) is 31.1. The van der Waals surface area contributed by atoms with Gasteiger partial charge in [0.1, 0.15) is 12.3 Å². The summed E-state index contributed by atoms with van der Waals surface area (Å²) >= 11 is 2.69. The van der Waals surface area contributed by atoms with E-state index in [4.69, 9.17) is 0 Å². The summed E-state index contributed by atoms with van der Waals surface area (Å²) in [6, 6.07) is 9.54. The molecule has 1 aromatic carbocycles. The van der Waals surface area contributed by atoms with E-state index in [-0.39, 0.29) is 29.8 Å². The van der Waals surface area contributed by atoms with Crippen molar-refractivity contribution in [3.8, 4) is 16.2 Å². The smallest absolute Gasteiger partial charge is 0.194 e. The van der Waals surface area contributed by atoms with Crippen LogP contribution >= 0.6 is 22.7 Å². The fraction of sp³-hybridized carbons (Fsp3) is 0.320. The zero-order chi connectivity index (χ0) is 22.7. The molecule has 0 fully saturated rings. The number of rotatable bonds is 8. The van der Waals surface area contributed by atoms with Gasteiger partial charge >= 0.3 is 0 Å². The van der Waals surface area contributed by atoms with Crippen LogP contribution in [0.2, 0.25) is 0 Å². The van der Waals surface area contributed by atoms with Crippen LogP contribution in [0, 0.1) is 19.8 Å². The molecule has 0 saturated carbocycles. The molecule has 3 aromatic rings. The molecule has 2 heterocycles. The zero-order valence-corrected chi connectivity index (χ0v) is 20.1. The molecule has 31 heavy (non-hydrogen) atoms. The van der Waals surface area contributed by atoms with Crippen molar-refractivity contribution in [3.05, 3.63) is 62.2 Å². The summed E-state index contributed by atoms with van der Waals surface area (Å²) < 4.78 is 0. The quantitative estimate of drug-likeness (QED) is 0.304. The molecular formula is C25H27NO3S2. The van der Waals surface area contributed by atoms with Crippen molar-refractivity contribution in [2.75, 3.05) is 6.54 Å². The maximum atomic E-state index is 12.6. The van der Waals surface area contributed by atoms with Crippen molar-refractivity contribution in [2.24, 2.45) is 10.9 Å². The van der Waals surface area contributed by atoms with E-state index in [1.807, 2.05) is 31.4 Å². The van der Waals surface area contributed by atoms with Gasteiger partial charge in [-0.2, -0.15) is 0 Å². The number of carbonyl (C=O) groups is 2. The molecule has 0 spiro atoms. The number of thiophene rings is 2. The molecule has 0 unspecified atom stereocenters. The minimum Gasteiger partial charge on any atom is -0.506 e. The van der Waals surface area contributed by atoms with Crippen molar-refractivity contribution >= 4 is 40.0 Å². The van der Waals surface area contributed by atoms with Gasteiger partial charge in [0.15, 0.2) is 11.6 Å². The maximum absolute atomic E-state index is 12.6. The Morgan fingerprint density at radius 3 is 2.35 bits per heavy atom. The fourth-order valence-corrected chi connectivity index (χ4v) is 5.05. The number of aliphatic imine (C=N–C) groups is 1. The molecule has 2 aromatic heterocycles. The molecule has 4 nitrogen and oxygen atoms in total. The van der Waals surface area contributed by atoms with Crippen LogP contribution in [-0.4, -0.2) is 28.9 Å². The second-order valence-electron chi connectivity index (χ2n) is 8.14. The average molecular weight is 454 g/mol. The minimum atomic E-state index is -0.128. The highest BCUT2D eigenvalue weighted by atomic mass is 32.1. The van der Waals surface area contributed by atoms with E-state index in [9.17, 15) is 14.7 Å². The lowest BCUT2D eigenvalue weighted by atomic mass is 10.0. The second-order valence-corrected chi connectivity index (χ2v) is 10.1. The summed E-state index contributed by atoms with van der Waals surface area (Å²) in [6.45, 7) is 9.89. The molecule has 0 atom stereocenters. The van der Waals surface area contributed by atoms with Crippen molar-refractivity contribution in [2.45, 2.75) is 41.0 Å². The first kappa shape index (κ1) is 23.1. The zero-order valence-electron chi connectivity index (χ0n) is 18.5. The third-order valence-corrected chi connectivity index (χ3v) is 7.32. The molecule has 0 aliphatic carbocycles. The molecule has 0 radical (unpaired) electrons. The highest BCUT2D eigenvalue weighted by molar-refractivity contribution is 7.16. The van der Waals surface area contributed by atoms with E-state index >= 15 is 0 Å². The largest absolute Gasteiger partial charge is 0.506 e. The van der Waals surface area contributed by atoms with Gasteiger partial charge in [-0.3, -0.25) is 14.6 Å². The Morgan fingerprint density at radius 1 is 1.03 bits per heavy atom. The third-order valence-electron chi connectivity index (χ3n) is 5.13. The Hall–Kier alpha value is -2.57. The van der Waals surface area contributed by atoms with Crippen LogP contribution in [-0.2, 0) is 0 Å². The van der Waals surface area contributed by atoms with Gasteiger partial charge in [0, 0.05) is 23.1 Å². The highest BCUT2D eigenvalue weighted by Crippen LogP contribution is 2.39. The lowest BCUT2D eigenvalue weighted by Gasteiger charge is -2.05. The average Bonchev–Trinajstić information content (AvgIpc) is 3.35. The van der Waals surface area contributed by atoms with E-state index in [0.717, 1.165) is 10.4 Å². The number of aromatic hydroxyl groups is 1. The molecule has 162 valence electrons. The number of benzene rings is 1. The number of Topliss-reactive ketones (excluding diaryl/α,β-unsaturated/α-hetero) is 2. The first-order valence-corrected chi connectivity index (χ1v) is 11.9. The minimum absolute atomic E-state index is 0.0155. The van der Waals surface area contributed by atoms with Crippen molar-refractivity contribution < 1.29 is 14.7 Å². The number of aryl methyl sites for hydroxylation is 2.